The Kier molecular flexibility index (Phi) is 4.58. The van der Waals surface area contributed by atoms with Crippen molar-refractivity contribution in [1.29, 1.82) is 0 Å². The highest BCUT2D eigenvalue weighted by Gasteiger charge is 2.30. The zero-order chi connectivity index (χ0) is 18.2. The summed E-state index contributed by atoms with van der Waals surface area (Å²) in [6.07, 6.45) is 8.13. The number of benzene rings is 1. The van der Waals surface area contributed by atoms with Crippen molar-refractivity contribution in [2.45, 2.75) is 57.1 Å². The van der Waals surface area contributed by atoms with Gasteiger partial charge < -0.3 is 4.74 Å². The maximum atomic E-state index is 6.58. The molecule has 1 atom stereocenters. The van der Waals surface area contributed by atoms with Crippen molar-refractivity contribution in [2.75, 3.05) is 6.61 Å². The molecule has 140 valence electrons. The van der Waals surface area contributed by atoms with E-state index in [1.807, 2.05) is 30.3 Å². The molecular weight excluding hydrogens is 360 g/mol. The molecule has 1 aliphatic heterocycles. The highest BCUT2D eigenvalue weighted by atomic mass is 35.5. The second kappa shape index (κ2) is 7.21. The number of aromatic nitrogens is 4. The van der Waals surface area contributed by atoms with E-state index in [0.29, 0.717) is 22.4 Å². The van der Waals surface area contributed by atoms with Crippen molar-refractivity contribution in [3.05, 3.63) is 41.3 Å². The van der Waals surface area contributed by atoms with Gasteiger partial charge in [0.2, 0.25) is 0 Å². The summed E-state index contributed by atoms with van der Waals surface area (Å²) in [7, 11) is 0. The number of halogens is 1. The molecule has 0 N–H and O–H groups in total. The van der Waals surface area contributed by atoms with Gasteiger partial charge in [0, 0.05) is 18.1 Å². The minimum absolute atomic E-state index is 0.00561. The highest BCUT2D eigenvalue weighted by Crippen LogP contribution is 2.39. The number of hydrogen-bond donors (Lipinski definition) is 0. The summed E-state index contributed by atoms with van der Waals surface area (Å²) < 4.78 is 8.36. The van der Waals surface area contributed by atoms with Crippen molar-refractivity contribution in [2.24, 2.45) is 0 Å². The maximum absolute atomic E-state index is 6.58. The van der Waals surface area contributed by atoms with Gasteiger partial charge in [0.15, 0.2) is 16.6 Å². The van der Waals surface area contributed by atoms with Gasteiger partial charge in [-0.05, 0) is 32.1 Å². The lowest BCUT2D eigenvalue weighted by atomic mass is 10.1. The van der Waals surface area contributed by atoms with E-state index in [1.165, 1.54) is 32.1 Å². The van der Waals surface area contributed by atoms with Crippen LogP contribution in [0.15, 0.2) is 30.3 Å². The molecule has 0 amide bonds. The van der Waals surface area contributed by atoms with E-state index in [0.717, 1.165) is 36.5 Å². The van der Waals surface area contributed by atoms with Crippen molar-refractivity contribution >= 4 is 22.8 Å². The second-order valence-electron chi connectivity index (χ2n) is 7.52. The van der Waals surface area contributed by atoms with Gasteiger partial charge >= 0.3 is 0 Å². The predicted molar refractivity (Wildman–Crippen MR) is 106 cm³/mol. The van der Waals surface area contributed by atoms with Gasteiger partial charge in [-0.1, -0.05) is 54.8 Å². The van der Waals surface area contributed by atoms with Crippen molar-refractivity contribution in [1.82, 2.24) is 19.5 Å². The number of rotatable bonds is 3. The number of imidazole rings is 1. The Hall–Kier alpha value is -1.98. The first-order valence-electron chi connectivity index (χ1n) is 9.93. The van der Waals surface area contributed by atoms with Crippen molar-refractivity contribution in [3.8, 4) is 11.4 Å². The zero-order valence-electron chi connectivity index (χ0n) is 15.3. The van der Waals surface area contributed by atoms with Crippen LogP contribution in [0.4, 0.5) is 0 Å². The molecule has 1 unspecified atom stereocenters. The number of nitrogens with zero attached hydrogens (tertiary/aromatic N) is 4. The monoisotopic (exact) mass is 382 g/mol. The Morgan fingerprint density at radius 1 is 0.926 bits per heavy atom. The first kappa shape index (κ1) is 17.1. The van der Waals surface area contributed by atoms with Crippen LogP contribution in [0.3, 0.4) is 0 Å². The van der Waals surface area contributed by atoms with E-state index in [1.54, 1.807) is 0 Å². The van der Waals surface area contributed by atoms with Crippen LogP contribution >= 0.6 is 11.6 Å². The summed E-state index contributed by atoms with van der Waals surface area (Å²) in [5, 5.41) is 0.424. The molecule has 5 nitrogen and oxygen atoms in total. The molecule has 3 aromatic rings. The molecule has 1 saturated carbocycles. The molecular formula is C21H23ClN4O. The minimum atomic E-state index is -0.00561. The average Bonchev–Trinajstić information content (AvgIpc) is 3.37. The SMILES string of the molecule is Clc1nc(-c2ccccc2)nc2c1nc(C1CCCC1)n2C1CCCCO1. The van der Waals surface area contributed by atoms with Crippen LogP contribution in [-0.4, -0.2) is 26.1 Å². The van der Waals surface area contributed by atoms with Crippen LogP contribution in [0.2, 0.25) is 5.15 Å². The van der Waals surface area contributed by atoms with E-state index in [9.17, 15) is 0 Å². The van der Waals surface area contributed by atoms with Crippen LogP contribution in [0, 0.1) is 0 Å². The van der Waals surface area contributed by atoms with E-state index < -0.39 is 0 Å². The molecule has 0 bridgehead atoms. The van der Waals surface area contributed by atoms with Crippen LogP contribution in [0.1, 0.15) is 62.9 Å². The van der Waals surface area contributed by atoms with E-state index in [2.05, 4.69) is 9.55 Å². The molecule has 5 rings (SSSR count). The summed E-state index contributed by atoms with van der Waals surface area (Å²) in [5.41, 5.74) is 2.47. The van der Waals surface area contributed by atoms with Crippen LogP contribution in [-0.2, 0) is 4.74 Å². The molecule has 0 radical (unpaired) electrons. The highest BCUT2D eigenvalue weighted by molar-refractivity contribution is 6.33. The smallest absolute Gasteiger partial charge is 0.167 e. The van der Waals surface area contributed by atoms with Crippen LogP contribution in [0.5, 0.6) is 0 Å². The Bertz CT molecular complexity index is 944. The molecule has 1 saturated heterocycles. The zero-order valence-corrected chi connectivity index (χ0v) is 16.0. The van der Waals surface area contributed by atoms with Gasteiger partial charge in [0.05, 0.1) is 0 Å². The molecule has 1 aliphatic carbocycles. The minimum Gasteiger partial charge on any atom is -0.358 e. The summed E-state index contributed by atoms with van der Waals surface area (Å²) in [5.74, 6) is 2.18. The largest absolute Gasteiger partial charge is 0.358 e. The third-order valence-corrected chi connectivity index (χ3v) is 5.98. The molecule has 6 heteroatoms. The third kappa shape index (κ3) is 3.13. The lowest BCUT2D eigenvalue weighted by Gasteiger charge is -2.26. The fourth-order valence-corrected chi connectivity index (χ4v) is 4.56. The van der Waals surface area contributed by atoms with Crippen molar-refractivity contribution in [3.63, 3.8) is 0 Å². The lowest BCUT2D eigenvalue weighted by Crippen LogP contribution is -2.21. The van der Waals surface area contributed by atoms with Crippen LogP contribution < -0.4 is 0 Å². The number of fused-ring (bicyclic) bond motifs is 1. The Morgan fingerprint density at radius 2 is 1.70 bits per heavy atom. The normalized spacial score (nSPS) is 21.1. The number of hydrogen-bond acceptors (Lipinski definition) is 4. The Morgan fingerprint density at radius 3 is 2.44 bits per heavy atom. The van der Waals surface area contributed by atoms with Gasteiger partial charge in [-0.3, -0.25) is 4.57 Å². The first-order chi connectivity index (χ1) is 13.3. The van der Waals surface area contributed by atoms with Gasteiger partial charge in [-0.2, -0.15) is 0 Å². The van der Waals surface area contributed by atoms with E-state index in [-0.39, 0.29) is 6.23 Å². The molecule has 2 aliphatic rings. The fourth-order valence-electron chi connectivity index (χ4n) is 4.36. The van der Waals surface area contributed by atoms with Gasteiger partial charge in [0.25, 0.3) is 0 Å². The van der Waals surface area contributed by atoms with Gasteiger partial charge in [-0.25, -0.2) is 15.0 Å². The molecule has 27 heavy (non-hydrogen) atoms. The van der Waals surface area contributed by atoms with E-state index in [4.69, 9.17) is 26.3 Å². The lowest BCUT2D eigenvalue weighted by molar-refractivity contribution is -0.0318. The van der Waals surface area contributed by atoms with Gasteiger partial charge in [-0.15, -0.1) is 0 Å². The summed E-state index contributed by atoms with van der Waals surface area (Å²) in [6.45, 7) is 0.790. The third-order valence-electron chi connectivity index (χ3n) is 5.72. The number of ether oxygens (including phenoxy) is 1. The molecule has 0 spiro atoms. The maximum Gasteiger partial charge on any atom is 0.167 e. The standard InChI is InChI=1S/C21H23ClN4O/c22-18-17-21(25-19(24-18)14-8-2-1-3-9-14)26(16-12-6-7-13-27-16)20(23-17)15-10-4-5-11-15/h1-3,8-9,15-16H,4-7,10-13H2. The summed E-state index contributed by atoms with van der Waals surface area (Å²) in [4.78, 5) is 14.4. The first-order valence-corrected chi connectivity index (χ1v) is 10.3. The molecule has 2 aromatic heterocycles. The quantitative estimate of drug-likeness (QED) is 0.561. The summed E-state index contributed by atoms with van der Waals surface area (Å²) >= 11 is 6.58. The summed E-state index contributed by atoms with van der Waals surface area (Å²) in [6, 6.07) is 9.98. The second-order valence-corrected chi connectivity index (χ2v) is 7.88. The van der Waals surface area contributed by atoms with Crippen LogP contribution in [0.25, 0.3) is 22.6 Å². The molecule has 3 heterocycles. The van der Waals surface area contributed by atoms with E-state index >= 15 is 0 Å². The predicted octanol–water partition coefficient (Wildman–Crippen LogP) is 5.50. The Balaban J connectivity index is 1.71. The fraction of sp³-hybridized carbons (Fsp3) is 0.476. The average molecular weight is 383 g/mol. The molecule has 1 aromatic carbocycles. The van der Waals surface area contributed by atoms with Gasteiger partial charge in [0.1, 0.15) is 17.6 Å². The Labute approximate surface area is 163 Å². The van der Waals surface area contributed by atoms with Crippen molar-refractivity contribution < 1.29 is 4.74 Å². The topological polar surface area (TPSA) is 52.8 Å². The molecule has 2 fully saturated rings.